The molecule has 1 amide bonds. The summed E-state index contributed by atoms with van der Waals surface area (Å²) in [5.41, 5.74) is 8.17. The average Bonchev–Trinajstić information content (AvgIpc) is 3.03. The van der Waals surface area contributed by atoms with Crippen LogP contribution in [0.3, 0.4) is 0 Å². The normalized spacial score (nSPS) is 19.5. The van der Waals surface area contributed by atoms with E-state index in [9.17, 15) is 4.79 Å². The third-order valence-corrected chi connectivity index (χ3v) is 3.95. The highest BCUT2D eigenvalue weighted by Crippen LogP contribution is 2.49. The number of fused-ring (bicyclic) bond motifs is 1. The number of nitriles is 1. The molecule has 0 unspecified atom stereocenters. The summed E-state index contributed by atoms with van der Waals surface area (Å²) in [7, 11) is 0. The van der Waals surface area contributed by atoms with Crippen molar-refractivity contribution in [2.24, 2.45) is 5.41 Å². The molecule has 0 spiro atoms. The zero-order chi connectivity index (χ0) is 12.8. The number of hydrogen-bond acceptors (Lipinski definition) is 3. The Balaban J connectivity index is 1.79. The quantitative estimate of drug-likeness (QED) is 0.822. The van der Waals surface area contributed by atoms with E-state index in [2.05, 4.69) is 6.07 Å². The highest BCUT2D eigenvalue weighted by atomic mass is 16.2. The number of hydrogen-bond donors (Lipinski definition) is 1. The van der Waals surface area contributed by atoms with Gasteiger partial charge in [-0.25, -0.2) is 0 Å². The second-order valence-electron chi connectivity index (χ2n) is 5.41. The smallest absolute Gasteiger partial charge is 0.254 e. The average molecular weight is 241 g/mol. The Bertz CT molecular complexity index is 555. The van der Waals surface area contributed by atoms with Gasteiger partial charge in [0.25, 0.3) is 5.91 Å². The van der Waals surface area contributed by atoms with Crippen LogP contribution < -0.4 is 5.73 Å². The van der Waals surface area contributed by atoms with Crippen molar-refractivity contribution < 1.29 is 4.79 Å². The van der Waals surface area contributed by atoms with Crippen LogP contribution in [0.5, 0.6) is 0 Å². The lowest BCUT2D eigenvalue weighted by Crippen LogP contribution is -2.30. The van der Waals surface area contributed by atoms with Gasteiger partial charge in [-0.1, -0.05) is 6.07 Å². The third kappa shape index (κ3) is 1.72. The zero-order valence-corrected chi connectivity index (χ0v) is 10.1. The number of benzene rings is 1. The molecular formula is C14H15N3O. The fourth-order valence-corrected chi connectivity index (χ4v) is 2.65. The Hall–Kier alpha value is -2.02. The van der Waals surface area contributed by atoms with Gasteiger partial charge in [-0.2, -0.15) is 5.26 Å². The molecule has 2 N–H and O–H groups in total. The van der Waals surface area contributed by atoms with E-state index in [1.165, 1.54) is 0 Å². The number of carbonyl (C=O) groups excluding carboxylic acids is 1. The van der Waals surface area contributed by atoms with Gasteiger partial charge in [0.15, 0.2) is 0 Å². The molecule has 0 radical (unpaired) electrons. The molecule has 1 aliphatic heterocycles. The summed E-state index contributed by atoms with van der Waals surface area (Å²) in [5.74, 6) is 0.0570. The SMILES string of the molecule is N#CCC1(CN2Cc3ccc(N)cc3C2=O)CC1. The number of amides is 1. The molecular weight excluding hydrogens is 226 g/mol. The standard InChI is InChI=1S/C14H15N3O/c15-6-5-14(3-4-14)9-17-8-10-1-2-11(16)7-12(10)13(17)18/h1-2,7H,3-5,8-9,16H2. The summed E-state index contributed by atoms with van der Waals surface area (Å²) in [6.45, 7) is 1.36. The molecule has 1 heterocycles. The molecule has 18 heavy (non-hydrogen) atoms. The first kappa shape index (κ1) is 11.1. The van der Waals surface area contributed by atoms with E-state index in [1.807, 2.05) is 17.0 Å². The van der Waals surface area contributed by atoms with E-state index in [1.54, 1.807) is 6.07 Å². The van der Waals surface area contributed by atoms with Crippen LogP contribution >= 0.6 is 0 Å². The van der Waals surface area contributed by atoms with Crippen molar-refractivity contribution in [3.05, 3.63) is 29.3 Å². The van der Waals surface area contributed by atoms with Crippen molar-refractivity contribution in [2.45, 2.75) is 25.8 Å². The van der Waals surface area contributed by atoms with Crippen molar-refractivity contribution in [1.82, 2.24) is 4.90 Å². The molecule has 1 fully saturated rings. The number of nitrogen functional groups attached to an aromatic ring is 1. The van der Waals surface area contributed by atoms with Crippen molar-refractivity contribution in [3.8, 4) is 6.07 Å². The Labute approximate surface area is 106 Å². The Morgan fingerprint density at radius 3 is 2.89 bits per heavy atom. The summed E-state index contributed by atoms with van der Waals surface area (Å²) in [4.78, 5) is 14.1. The maximum Gasteiger partial charge on any atom is 0.254 e. The van der Waals surface area contributed by atoms with Gasteiger partial charge < -0.3 is 10.6 Å². The number of anilines is 1. The summed E-state index contributed by atoms with van der Waals surface area (Å²) >= 11 is 0. The van der Waals surface area contributed by atoms with Gasteiger partial charge in [-0.05, 0) is 30.5 Å². The molecule has 92 valence electrons. The van der Waals surface area contributed by atoms with Crippen LogP contribution in [-0.4, -0.2) is 17.4 Å². The molecule has 0 atom stereocenters. The molecule has 1 saturated carbocycles. The predicted molar refractivity (Wildman–Crippen MR) is 67.5 cm³/mol. The molecule has 4 nitrogen and oxygen atoms in total. The Morgan fingerprint density at radius 2 is 2.22 bits per heavy atom. The van der Waals surface area contributed by atoms with Crippen LogP contribution in [0.1, 0.15) is 35.2 Å². The second-order valence-corrected chi connectivity index (χ2v) is 5.41. The predicted octanol–water partition coefficient (Wildman–Crippen LogP) is 1.92. The third-order valence-electron chi connectivity index (χ3n) is 3.95. The van der Waals surface area contributed by atoms with Crippen LogP contribution in [0.25, 0.3) is 0 Å². The first-order valence-electron chi connectivity index (χ1n) is 6.18. The maximum atomic E-state index is 12.2. The highest BCUT2D eigenvalue weighted by Gasteiger charge is 2.45. The fraction of sp³-hybridized carbons (Fsp3) is 0.429. The van der Waals surface area contributed by atoms with Gasteiger partial charge in [0.1, 0.15) is 0 Å². The van der Waals surface area contributed by atoms with Gasteiger partial charge in [-0.15, -0.1) is 0 Å². The summed E-state index contributed by atoms with van der Waals surface area (Å²) in [6, 6.07) is 7.74. The van der Waals surface area contributed by atoms with Crippen molar-refractivity contribution in [3.63, 3.8) is 0 Å². The molecule has 2 aliphatic rings. The summed E-state index contributed by atoms with van der Waals surface area (Å²) in [6.07, 6.45) is 2.67. The topological polar surface area (TPSA) is 70.1 Å². The van der Waals surface area contributed by atoms with Crippen LogP contribution in [0, 0.1) is 16.7 Å². The minimum Gasteiger partial charge on any atom is -0.399 e. The van der Waals surface area contributed by atoms with E-state index in [0.717, 1.165) is 24.0 Å². The lowest BCUT2D eigenvalue weighted by molar-refractivity contribution is 0.0743. The van der Waals surface area contributed by atoms with Crippen LogP contribution in [0.2, 0.25) is 0 Å². The highest BCUT2D eigenvalue weighted by molar-refractivity contribution is 5.99. The Morgan fingerprint density at radius 1 is 1.44 bits per heavy atom. The van der Waals surface area contributed by atoms with Crippen LogP contribution in [-0.2, 0) is 6.54 Å². The van der Waals surface area contributed by atoms with E-state index in [4.69, 9.17) is 11.0 Å². The van der Waals surface area contributed by atoms with E-state index in [-0.39, 0.29) is 11.3 Å². The summed E-state index contributed by atoms with van der Waals surface area (Å²) in [5, 5.41) is 8.82. The molecule has 1 aromatic rings. The number of carbonyl (C=O) groups is 1. The second kappa shape index (κ2) is 3.74. The minimum absolute atomic E-state index is 0.0570. The molecule has 3 rings (SSSR count). The number of nitrogens with two attached hydrogens (primary N) is 1. The van der Waals surface area contributed by atoms with Crippen molar-refractivity contribution in [2.75, 3.05) is 12.3 Å². The molecule has 0 bridgehead atoms. The van der Waals surface area contributed by atoms with E-state index in [0.29, 0.717) is 25.2 Å². The lowest BCUT2D eigenvalue weighted by atomic mass is 10.0. The van der Waals surface area contributed by atoms with Crippen molar-refractivity contribution >= 4 is 11.6 Å². The minimum atomic E-state index is 0.0570. The molecule has 0 aromatic heterocycles. The monoisotopic (exact) mass is 241 g/mol. The van der Waals surface area contributed by atoms with Crippen molar-refractivity contribution in [1.29, 1.82) is 5.26 Å². The maximum absolute atomic E-state index is 12.2. The van der Waals surface area contributed by atoms with Gasteiger partial charge in [0.2, 0.25) is 0 Å². The van der Waals surface area contributed by atoms with Gasteiger partial charge >= 0.3 is 0 Å². The first-order valence-corrected chi connectivity index (χ1v) is 6.18. The van der Waals surface area contributed by atoms with Crippen LogP contribution in [0.4, 0.5) is 5.69 Å². The number of nitrogens with zero attached hydrogens (tertiary/aromatic N) is 2. The summed E-state index contributed by atoms with van der Waals surface area (Å²) < 4.78 is 0. The lowest BCUT2D eigenvalue weighted by Gasteiger charge is -2.21. The van der Waals surface area contributed by atoms with Gasteiger partial charge in [-0.3, -0.25) is 4.79 Å². The van der Waals surface area contributed by atoms with Crippen LogP contribution in [0.15, 0.2) is 18.2 Å². The van der Waals surface area contributed by atoms with E-state index < -0.39 is 0 Å². The zero-order valence-electron chi connectivity index (χ0n) is 10.1. The molecule has 1 aromatic carbocycles. The molecule has 0 saturated heterocycles. The van der Waals surface area contributed by atoms with E-state index >= 15 is 0 Å². The number of rotatable bonds is 3. The Kier molecular flexibility index (Phi) is 2.30. The van der Waals surface area contributed by atoms with Gasteiger partial charge in [0, 0.05) is 36.2 Å². The molecule has 4 heteroatoms. The van der Waals surface area contributed by atoms with Gasteiger partial charge in [0.05, 0.1) is 6.07 Å². The fourth-order valence-electron chi connectivity index (χ4n) is 2.65. The first-order chi connectivity index (χ1) is 8.63. The largest absolute Gasteiger partial charge is 0.399 e. The molecule has 1 aliphatic carbocycles.